The lowest BCUT2D eigenvalue weighted by molar-refractivity contribution is -0.125. The Morgan fingerprint density at radius 3 is 2.35 bits per heavy atom. The third-order valence-electron chi connectivity index (χ3n) is 3.00. The van der Waals surface area contributed by atoms with Crippen molar-refractivity contribution in [2.45, 2.75) is 50.3 Å². The summed E-state index contributed by atoms with van der Waals surface area (Å²) in [5.41, 5.74) is 0. The van der Waals surface area contributed by atoms with E-state index in [9.17, 15) is 13.2 Å². The maximum absolute atomic E-state index is 12.1. The van der Waals surface area contributed by atoms with Crippen molar-refractivity contribution >= 4 is 27.3 Å². The van der Waals surface area contributed by atoms with Crippen molar-refractivity contribution in [1.29, 1.82) is 0 Å². The second-order valence-corrected chi connectivity index (χ2v) is 7.71. The van der Waals surface area contributed by atoms with Crippen molar-refractivity contribution in [3.63, 3.8) is 0 Å². The summed E-state index contributed by atoms with van der Waals surface area (Å²) < 4.78 is 22.5. The fourth-order valence-electron chi connectivity index (χ4n) is 2.03. The van der Waals surface area contributed by atoms with Crippen LogP contribution >= 0.6 is 11.3 Å². The van der Waals surface area contributed by atoms with Crippen LogP contribution in [0.3, 0.4) is 0 Å². The highest BCUT2D eigenvalue weighted by Crippen LogP contribution is 2.20. The first-order chi connectivity index (χ1) is 9.38. The molecule has 0 spiro atoms. The van der Waals surface area contributed by atoms with Gasteiger partial charge in [0.25, 0.3) is 0 Å². The van der Waals surface area contributed by atoms with Gasteiger partial charge in [0.1, 0.15) is 4.21 Å². The fraction of sp³-hybridized carbons (Fsp3) is 0.615. The van der Waals surface area contributed by atoms with Gasteiger partial charge in [0.05, 0.1) is 6.54 Å². The molecule has 0 unspecified atom stereocenters. The van der Waals surface area contributed by atoms with E-state index in [0.29, 0.717) is 6.54 Å². The van der Waals surface area contributed by atoms with Crippen LogP contribution in [0.5, 0.6) is 0 Å². The zero-order chi connectivity index (χ0) is 15.2. The molecule has 1 aromatic heterocycles. The first-order valence-corrected chi connectivity index (χ1v) is 9.14. The second-order valence-electron chi connectivity index (χ2n) is 4.76. The summed E-state index contributed by atoms with van der Waals surface area (Å²) in [6.45, 7) is 4.48. The van der Waals surface area contributed by atoms with E-state index >= 15 is 0 Å². The Morgan fingerprint density at radius 1 is 1.30 bits per heavy atom. The minimum Gasteiger partial charge on any atom is -0.351 e. The quantitative estimate of drug-likeness (QED) is 0.770. The number of hydrogen-bond acceptors (Lipinski definition) is 4. The van der Waals surface area contributed by atoms with Crippen molar-refractivity contribution in [2.75, 3.05) is 0 Å². The molecule has 0 saturated heterocycles. The van der Waals surface area contributed by atoms with Gasteiger partial charge in [-0.2, -0.15) is 0 Å². The molecule has 0 saturated carbocycles. The number of nitrogens with one attached hydrogen (secondary N) is 1. The Labute approximate surface area is 124 Å². The molecule has 5 nitrogen and oxygen atoms in total. The van der Waals surface area contributed by atoms with Crippen molar-refractivity contribution in [3.05, 3.63) is 17.0 Å². The average Bonchev–Trinajstić information content (AvgIpc) is 2.84. The first kappa shape index (κ1) is 17.1. The molecule has 0 aliphatic rings. The number of carbonyl (C=O) groups excluding carboxylic acids is 1. The highest BCUT2D eigenvalue weighted by molar-refractivity contribution is 7.91. The van der Waals surface area contributed by atoms with E-state index in [-0.39, 0.29) is 16.0 Å². The zero-order valence-corrected chi connectivity index (χ0v) is 13.5. The number of hydrogen-bond donors (Lipinski definition) is 2. The van der Waals surface area contributed by atoms with Crippen LogP contribution in [0.15, 0.2) is 16.3 Å². The Morgan fingerprint density at radius 2 is 1.90 bits per heavy atom. The minimum absolute atomic E-state index is 0.0410. The van der Waals surface area contributed by atoms with Gasteiger partial charge in [-0.1, -0.05) is 26.7 Å². The molecule has 20 heavy (non-hydrogen) atoms. The molecule has 0 fully saturated rings. The Bertz CT molecular complexity index is 532. The molecular formula is C13H22N2O3S2. The summed E-state index contributed by atoms with van der Waals surface area (Å²) in [6.07, 6.45) is 3.72. The molecule has 1 rings (SSSR count). The average molecular weight is 318 g/mol. The van der Waals surface area contributed by atoms with E-state index in [1.54, 1.807) is 6.07 Å². The van der Waals surface area contributed by atoms with Gasteiger partial charge in [0.15, 0.2) is 0 Å². The molecule has 0 aliphatic heterocycles. The van der Waals surface area contributed by atoms with Crippen LogP contribution in [0, 0.1) is 5.92 Å². The number of primary sulfonamides is 1. The number of sulfonamides is 1. The van der Waals surface area contributed by atoms with E-state index < -0.39 is 10.0 Å². The van der Waals surface area contributed by atoms with Crippen LogP contribution in [0.4, 0.5) is 0 Å². The first-order valence-electron chi connectivity index (χ1n) is 6.77. The Kier molecular flexibility index (Phi) is 6.64. The molecule has 3 N–H and O–H groups in total. The fourth-order valence-corrected chi connectivity index (χ4v) is 3.75. The molecule has 0 aromatic carbocycles. The number of nitrogens with two attached hydrogens (primary N) is 1. The van der Waals surface area contributed by atoms with E-state index in [2.05, 4.69) is 19.2 Å². The molecular weight excluding hydrogens is 296 g/mol. The number of carbonyl (C=O) groups is 1. The van der Waals surface area contributed by atoms with Gasteiger partial charge in [0.2, 0.25) is 15.9 Å². The Hall–Kier alpha value is -0.920. The van der Waals surface area contributed by atoms with Crippen LogP contribution in [0.25, 0.3) is 0 Å². The van der Waals surface area contributed by atoms with Crippen molar-refractivity contribution in [2.24, 2.45) is 11.1 Å². The lowest BCUT2D eigenvalue weighted by Crippen LogP contribution is -2.30. The molecule has 0 aliphatic carbocycles. The van der Waals surface area contributed by atoms with Gasteiger partial charge in [-0.3, -0.25) is 4.79 Å². The zero-order valence-electron chi connectivity index (χ0n) is 11.9. The maximum atomic E-state index is 12.1. The highest BCUT2D eigenvalue weighted by atomic mass is 32.2. The molecule has 114 valence electrons. The summed E-state index contributed by atoms with van der Waals surface area (Å²) in [7, 11) is -3.65. The molecule has 1 heterocycles. The third kappa shape index (κ3) is 5.22. The van der Waals surface area contributed by atoms with Crippen molar-refractivity contribution < 1.29 is 13.2 Å². The molecule has 1 aromatic rings. The van der Waals surface area contributed by atoms with Crippen LogP contribution in [-0.4, -0.2) is 14.3 Å². The lowest BCUT2D eigenvalue weighted by Gasteiger charge is -2.14. The van der Waals surface area contributed by atoms with Gasteiger partial charge in [-0.15, -0.1) is 11.3 Å². The maximum Gasteiger partial charge on any atom is 0.247 e. The molecule has 1 amide bonds. The van der Waals surface area contributed by atoms with Gasteiger partial charge >= 0.3 is 0 Å². The monoisotopic (exact) mass is 318 g/mol. The van der Waals surface area contributed by atoms with E-state index in [0.717, 1.165) is 41.9 Å². The van der Waals surface area contributed by atoms with E-state index in [4.69, 9.17) is 5.14 Å². The van der Waals surface area contributed by atoms with Crippen LogP contribution in [0.2, 0.25) is 0 Å². The highest BCUT2D eigenvalue weighted by Gasteiger charge is 2.17. The second kappa shape index (κ2) is 7.75. The van der Waals surface area contributed by atoms with E-state index in [1.165, 1.54) is 6.07 Å². The largest absolute Gasteiger partial charge is 0.351 e. The summed E-state index contributed by atoms with van der Waals surface area (Å²) >= 11 is 1.09. The summed E-state index contributed by atoms with van der Waals surface area (Å²) in [4.78, 5) is 12.8. The normalized spacial score (nSPS) is 11.8. The van der Waals surface area contributed by atoms with Crippen LogP contribution in [0.1, 0.15) is 44.4 Å². The number of amides is 1. The summed E-state index contributed by atoms with van der Waals surface area (Å²) in [5.74, 6) is 0.0851. The molecule has 0 radical (unpaired) electrons. The number of thiophene rings is 1. The van der Waals surface area contributed by atoms with Crippen LogP contribution < -0.4 is 10.5 Å². The van der Waals surface area contributed by atoms with Gasteiger partial charge in [0, 0.05) is 10.8 Å². The topological polar surface area (TPSA) is 89.3 Å². The standard InChI is InChI=1S/C13H22N2O3S2/c1-3-5-10(6-4-2)13(16)15-9-11-7-8-12(19-11)20(14,17)18/h7-8,10H,3-6,9H2,1-2H3,(H,15,16)(H2,14,17,18). The van der Waals surface area contributed by atoms with Crippen molar-refractivity contribution in [1.82, 2.24) is 5.32 Å². The van der Waals surface area contributed by atoms with E-state index in [1.807, 2.05) is 0 Å². The van der Waals surface area contributed by atoms with Gasteiger partial charge in [-0.25, -0.2) is 13.6 Å². The van der Waals surface area contributed by atoms with Crippen molar-refractivity contribution in [3.8, 4) is 0 Å². The molecule has 7 heteroatoms. The Balaban J connectivity index is 2.57. The predicted molar refractivity (Wildman–Crippen MR) is 80.8 cm³/mol. The van der Waals surface area contributed by atoms with Gasteiger partial charge < -0.3 is 5.32 Å². The minimum atomic E-state index is -3.65. The smallest absolute Gasteiger partial charge is 0.247 e. The predicted octanol–water partition coefficient (Wildman–Crippen LogP) is 2.23. The lowest BCUT2D eigenvalue weighted by atomic mass is 9.97. The molecule has 0 atom stereocenters. The van der Waals surface area contributed by atoms with Crippen LogP contribution in [-0.2, 0) is 21.4 Å². The SMILES string of the molecule is CCCC(CCC)C(=O)NCc1ccc(S(N)(=O)=O)s1. The molecule has 0 bridgehead atoms. The van der Waals surface area contributed by atoms with Gasteiger partial charge in [-0.05, 0) is 25.0 Å². The third-order valence-corrected chi connectivity index (χ3v) is 5.52. The summed E-state index contributed by atoms with van der Waals surface area (Å²) in [5, 5.41) is 7.92. The number of rotatable bonds is 8. The summed E-state index contributed by atoms with van der Waals surface area (Å²) in [6, 6.07) is 3.15.